The van der Waals surface area contributed by atoms with Crippen LogP contribution in [-0.4, -0.2) is 22.6 Å². The molecule has 0 radical (unpaired) electrons. The minimum Gasteiger partial charge on any atom is -0.444 e. The number of rotatable bonds is 5. The molecule has 2 N–H and O–H groups in total. The first kappa shape index (κ1) is 20.9. The molecular weight excluding hydrogens is 362 g/mol. The van der Waals surface area contributed by atoms with Gasteiger partial charge in [-0.2, -0.15) is 0 Å². The number of amides is 2. The first-order chi connectivity index (χ1) is 12.5. The second-order valence-corrected chi connectivity index (χ2v) is 8.74. The first-order valence-electron chi connectivity index (χ1n) is 8.91. The van der Waals surface area contributed by atoms with Crippen molar-refractivity contribution >= 4 is 34.2 Å². The van der Waals surface area contributed by atoms with Gasteiger partial charge in [-0.15, -0.1) is 11.3 Å². The molecule has 1 aromatic heterocycles. The Hall–Kier alpha value is -2.41. The molecule has 0 aliphatic rings. The van der Waals surface area contributed by atoms with Crippen LogP contribution in [-0.2, 0) is 9.53 Å². The summed E-state index contributed by atoms with van der Waals surface area (Å²) in [5.74, 6) is -0.0740. The van der Waals surface area contributed by atoms with E-state index < -0.39 is 11.7 Å². The molecule has 0 bridgehead atoms. The Bertz CT molecular complexity index is 792. The van der Waals surface area contributed by atoms with Gasteiger partial charge in [0.05, 0.1) is 5.92 Å². The van der Waals surface area contributed by atoms with Crippen LogP contribution in [0.2, 0.25) is 0 Å². The summed E-state index contributed by atoms with van der Waals surface area (Å²) in [6, 6.07) is 7.14. The lowest BCUT2D eigenvalue weighted by atomic mass is 10.0. The number of aromatic nitrogens is 1. The lowest BCUT2D eigenvalue weighted by molar-refractivity contribution is -0.117. The van der Waals surface area contributed by atoms with Crippen molar-refractivity contribution in [3.05, 3.63) is 40.9 Å². The zero-order valence-electron chi connectivity index (χ0n) is 16.6. The van der Waals surface area contributed by atoms with Gasteiger partial charge in [-0.25, -0.2) is 9.78 Å². The number of nitrogens with zero attached hydrogens (tertiary/aromatic N) is 1. The van der Waals surface area contributed by atoms with E-state index >= 15 is 0 Å². The monoisotopic (exact) mass is 389 g/mol. The number of carbonyl (C=O) groups excluding carboxylic acids is 2. The summed E-state index contributed by atoms with van der Waals surface area (Å²) in [6.45, 7) is 11.4. The lowest BCUT2D eigenvalue weighted by Crippen LogP contribution is -2.27. The fourth-order valence-corrected chi connectivity index (χ4v) is 3.07. The van der Waals surface area contributed by atoms with Crippen molar-refractivity contribution in [1.82, 2.24) is 4.98 Å². The van der Waals surface area contributed by atoms with Gasteiger partial charge in [-0.3, -0.25) is 10.1 Å². The van der Waals surface area contributed by atoms with E-state index in [1.165, 1.54) is 11.3 Å². The number of hydrogen-bond donors (Lipinski definition) is 2. The van der Waals surface area contributed by atoms with Gasteiger partial charge in [0, 0.05) is 16.8 Å². The molecule has 146 valence electrons. The first-order valence-corrected chi connectivity index (χ1v) is 9.73. The van der Waals surface area contributed by atoms with E-state index in [2.05, 4.69) is 29.5 Å². The molecule has 1 aromatic carbocycles. The maximum absolute atomic E-state index is 12.5. The van der Waals surface area contributed by atoms with Crippen LogP contribution >= 0.6 is 11.3 Å². The quantitative estimate of drug-likeness (QED) is 0.722. The van der Waals surface area contributed by atoms with Crippen LogP contribution in [0.5, 0.6) is 0 Å². The number of nitrogens with one attached hydrogen (secondary N) is 2. The zero-order chi connectivity index (χ0) is 20.2. The molecule has 2 aromatic rings. The van der Waals surface area contributed by atoms with E-state index in [1.54, 1.807) is 18.3 Å². The van der Waals surface area contributed by atoms with E-state index in [4.69, 9.17) is 4.74 Å². The second-order valence-electron chi connectivity index (χ2n) is 7.68. The zero-order valence-corrected chi connectivity index (χ0v) is 17.4. The highest BCUT2D eigenvalue weighted by molar-refractivity contribution is 7.15. The number of thiazole rings is 1. The number of anilines is 2. The summed E-state index contributed by atoms with van der Waals surface area (Å²) in [5.41, 5.74) is 0.909. The number of ether oxygens (including phenoxy) is 1. The molecule has 7 heteroatoms. The Labute approximate surface area is 164 Å². The van der Waals surface area contributed by atoms with Gasteiger partial charge in [0.15, 0.2) is 5.13 Å². The van der Waals surface area contributed by atoms with Crippen LogP contribution in [0.15, 0.2) is 30.5 Å². The predicted octanol–water partition coefficient (Wildman–Crippen LogP) is 5.36. The fraction of sp³-hybridized carbons (Fsp3) is 0.450. The molecule has 0 unspecified atom stereocenters. The minimum absolute atomic E-state index is 0.118. The Morgan fingerprint density at radius 2 is 1.70 bits per heavy atom. The van der Waals surface area contributed by atoms with Gasteiger partial charge < -0.3 is 10.1 Å². The maximum atomic E-state index is 12.5. The van der Waals surface area contributed by atoms with Crippen molar-refractivity contribution in [2.24, 2.45) is 0 Å². The molecule has 0 saturated heterocycles. The highest BCUT2D eigenvalue weighted by atomic mass is 32.1. The van der Waals surface area contributed by atoms with Crippen LogP contribution in [0, 0.1) is 0 Å². The van der Waals surface area contributed by atoms with Crippen LogP contribution in [0.25, 0.3) is 0 Å². The summed E-state index contributed by atoms with van der Waals surface area (Å²) in [6.07, 6.45) is 1.29. The third-order valence-electron chi connectivity index (χ3n) is 3.77. The van der Waals surface area contributed by atoms with Crippen LogP contribution in [0.3, 0.4) is 0 Å². The second kappa shape index (κ2) is 8.52. The molecule has 1 atom stereocenters. The summed E-state index contributed by atoms with van der Waals surface area (Å²) < 4.78 is 5.22. The molecule has 2 rings (SSSR count). The number of hydrogen-bond acceptors (Lipinski definition) is 5. The van der Waals surface area contributed by atoms with E-state index in [0.717, 1.165) is 10.4 Å². The van der Waals surface area contributed by atoms with Crippen molar-refractivity contribution in [2.75, 3.05) is 10.6 Å². The summed E-state index contributed by atoms with van der Waals surface area (Å²) in [5, 5.41) is 6.15. The van der Waals surface area contributed by atoms with Crippen molar-refractivity contribution in [2.45, 2.75) is 59.0 Å². The number of carbonyl (C=O) groups is 2. The summed E-state index contributed by atoms with van der Waals surface area (Å²) in [7, 11) is 0. The Morgan fingerprint density at radius 1 is 1.07 bits per heavy atom. The highest BCUT2D eigenvalue weighted by Crippen LogP contribution is 2.27. The molecule has 27 heavy (non-hydrogen) atoms. The lowest BCUT2D eigenvalue weighted by Gasteiger charge is -2.19. The molecule has 0 aliphatic carbocycles. The summed E-state index contributed by atoms with van der Waals surface area (Å²) >= 11 is 1.49. The van der Waals surface area contributed by atoms with Gasteiger partial charge in [0.25, 0.3) is 0 Å². The molecule has 1 heterocycles. The molecule has 0 fully saturated rings. The summed E-state index contributed by atoms with van der Waals surface area (Å²) in [4.78, 5) is 29.7. The highest BCUT2D eigenvalue weighted by Gasteiger charge is 2.18. The predicted molar refractivity (Wildman–Crippen MR) is 110 cm³/mol. The third kappa shape index (κ3) is 6.36. The van der Waals surface area contributed by atoms with E-state index in [-0.39, 0.29) is 11.8 Å². The smallest absolute Gasteiger partial charge is 0.412 e. The van der Waals surface area contributed by atoms with Gasteiger partial charge in [0.1, 0.15) is 5.60 Å². The van der Waals surface area contributed by atoms with E-state index in [1.807, 2.05) is 39.8 Å². The van der Waals surface area contributed by atoms with Gasteiger partial charge in [0.2, 0.25) is 5.91 Å². The molecular formula is C20H27N3O3S. The van der Waals surface area contributed by atoms with Crippen molar-refractivity contribution < 1.29 is 14.3 Å². The van der Waals surface area contributed by atoms with Crippen LogP contribution in [0.1, 0.15) is 63.8 Å². The molecule has 2 amide bonds. The third-order valence-corrected chi connectivity index (χ3v) is 4.99. The fourth-order valence-electron chi connectivity index (χ4n) is 2.25. The number of benzene rings is 1. The largest absolute Gasteiger partial charge is 0.444 e. The van der Waals surface area contributed by atoms with Crippen molar-refractivity contribution in [1.29, 1.82) is 0 Å². The molecule has 0 spiro atoms. The van der Waals surface area contributed by atoms with Crippen LogP contribution in [0.4, 0.5) is 15.6 Å². The van der Waals surface area contributed by atoms with E-state index in [0.29, 0.717) is 16.7 Å². The molecule has 0 aliphatic heterocycles. The Morgan fingerprint density at radius 3 is 2.22 bits per heavy atom. The molecule has 6 nitrogen and oxygen atoms in total. The average Bonchev–Trinajstić information content (AvgIpc) is 3.02. The van der Waals surface area contributed by atoms with Gasteiger partial charge >= 0.3 is 6.09 Å². The SMILES string of the molecule is CC(C)c1cnc(NC(=O)[C@H](C)c2ccc(NC(=O)OC(C)(C)C)cc2)s1. The maximum Gasteiger partial charge on any atom is 0.412 e. The Kier molecular flexibility index (Phi) is 6.59. The standard InChI is InChI=1S/C20H27N3O3S/c1-12(2)16-11-21-18(27-16)23-17(24)13(3)14-7-9-15(10-8-14)22-19(25)26-20(4,5)6/h7-13H,1-6H3,(H,22,25)(H,21,23,24)/t13-/m1/s1. The minimum atomic E-state index is -0.554. The van der Waals surface area contributed by atoms with E-state index in [9.17, 15) is 9.59 Å². The van der Waals surface area contributed by atoms with Crippen molar-refractivity contribution in [3.63, 3.8) is 0 Å². The molecule has 0 saturated carbocycles. The average molecular weight is 390 g/mol. The topological polar surface area (TPSA) is 80.3 Å². The van der Waals surface area contributed by atoms with Crippen molar-refractivity contribution in [3.8, 4) is 0 Å². The Balaban J connectivity index is 1.96. The van der Waals surface area contributed by atoms with Gasteiger partial charge in [-0.05, 0) is 51.3 Å². The normalized spacial score (nSPS) is 12.6. The van der Waals surface area contributed by atoms with Crippen LogP contribution < -0.4 is 10.6 Å². The van der Waals surface area contributed by atoms with Gasteiger partial charge in [-0.1, -0.05) is 26.0 Å².